The molecule has 0 spiro atoms. The largest absolute Gasteiger partial charge is 0.507 e. The fraction of sp³-hybridized carbons (Fsp3) is 0.160. The van der Waals surface area contributed by atoms with Crippen LogP contribution in [0.5, 0.6) is 11.5 Å². The summed E-state index contributed by atoms with van der Waals surface area (Å²) in [6, 6.07) is 18.2. The average Bonchev–Trinajstić information content (AvgIpc) is 3.35. The summed E-state index contributed by atoms with van der Waals surface area (Å²) < 4.78 is 5.71. The molecule has 1 atom stereocenters. The molecule has 0 saturated heterocycles. The molecule has 0 unspecified atom stereocenters. The molecule has 0 radical (unpaired) electrons. The van der Waals surface area contributed by atoms with E-state index in [4.69, 9.17) is 4.74 Å². The number of pyridine rings is 1. The summed E-state index contributed by atoms with van der Waals surface area (Å²) in [5.41, 5.74) is 4.14. The number of rotatable bonds is 6. The highest BCUT2D eigenvalue weighted by molar-refractivity contribution is 6.00. The normalized spacial score (nSPS) is 15.1. The van der Waals surface area contributed by atoms with Crippen molar-refractivity contribution in [3.63, 3.8) is 0 Å². The van der Waals surface area contributed by atoms with E-state index in [1.807, 2.05) is 49.4 Å². The molecule has 3 heterocycles. The predicted molar refractivity (Wildman–Crippen MR) is 119 cm³/mol. The maximum Gasteiger partial charge on any atom is 0.273 e. The van der Waals surface area contributed by atoms with E-state index in [1.165, 1.54) is 0 Å². The van der Waals surface area contributed by atoms with Gasteiger partial charge in [-0.2, -0.15) is 5.10 Å². The summed E-state index contributed by atoms with van der Waals surface area (Å²) in [5.74, 6) is 0.700. The lowest BCUT2D eigenvalue weighted by Crippen LogP contribution is -2.29. The van der Waals surface area contributed by atoms with Crippen LogP contribution in [0.2, 0.25) is 0 Å². The summed E-state index contributed by atoms with van der Waals surface area (Å²) in [7, 11) is 0. The Labute approximate surface area is 185 Å². The van der Waals surface area contributed by atoms with E-state index >= 15 is 0 Å². The highest BCUT2D eigenvalue weighted by Gasteiger charge is 2.42. The number of hydrogen-bond donors (Lipinski definition) is 2. The molecular formula is C25H22N4O3. The molecule has 0 saturated carbocycles. The third-order valence-corrected chi connectivity index (χ3v) is 5.58. The molecule has 2 N–H and O–H groups in total. The molecule has 160 valence electrons. The molecule has 5 rings (SSSR count). The maximum absolute atomic E-state index is 13.5. The van der Waals surface area contributed by atoms with Crippen molar-refractivity contribution in [1.29, 1.82) is 0 Å². The third-order valence-electron chi connectivity index (χ3n) is 5.58. The van der Waals surface area contributed by atoms with Gasteiger partial charge in [0.05, 0.1) is 12.6 Å². The Morgan fingerprint density at radius 2 is 2.00 bits per heavy atom. The average molecular weight is 426 g/mol. The summed E-state index contributed by atoms with van der Waals surface area (Å²) in [6.45, 7) is 2.87. The van der Waals surface area contributed by atoms with Crippen molar-refractivity contribution in [2.45, 2.75) is 19.5 Å². The first-order chi connectivity index (χ1) is 15.7. The molecule has 0 bridgehead atoms. The summed E-state index contributed by atoms with van der Waals surface area (Å²) in [4.78, 5) is 19.5. The molecule has 2 aromatic heterocycles. The van der Waals surface area contributed by atoms with Gasteiger partial charge in [-0.25, -0.2) is 0 Å². The van der Waals surface area contributed by atoms with E-state index in [1.54, 1.807) is 35.5 Å². The number of ether oxygens (including phenoxy) is 1. The van der Waals surface area contributed by atoms with Gasteiger partial charge < -0.3 is 14.7 Å². The van der Waals surface area contributed by atoms with E-state index in [0.29, 0.717) is 30.1 Å². The van der Waals surface area contributed by atoms with Crippen molar-refractivity contribution in [2.75, 3.05) is 6.61 Å². The minimum Gasteiger partial charge on any atom is -0.507 e. The number of carbonyl (C=O) groups is 1. The minimum atomic E-state index is -0.397. The Kier molecular flexibility index (Phi) is 5.07. The zero-order chi connectivity index (χ0) is 22.1. The van der Waals surface area contributed by atoms with Crippen molar-refractivity contribution >= 4 is 5.91 Å². The van der Waals surface area contributed by atoms with Crippen LogP contribution >= 0.6 is 0 Å². The number of fused-ring (bicyclic) bond motifs is 1. The number of nitrogens with one attached hydrogen (secondary N) is 1. The molecule has 0 aliphatic carbocycles. The number of phenols is 1. The first-order valence-electron chi connectivity index (χ1n) is 10.5. The van der Waals surface area contributed by atoms with Gasteiger partial charge >= 0.3 is 0 Å². The molecular weight excluding hydrogens is 404 g/mol. The number of amides is 1. The van der Waals surface area contributed by atoms with Crippen LogP contribution in [0.1, 0.15) is 40.1 Å². The van der Waals surface area contributed by atoms with Crippen molar-refractivity contribution in [1.82, 2.24) is 20.1 Å². The lowest BCUT2D eigenvalue weighted by molar-refractivity contribution is 0.0729. The summed E-state index contributed by atoms with van der Waals surface area (Å²) >= 11 is 0. The van der Waals surface area contributed by atoms with Crippen molar-refractivity contribution in [2.24, 2.45) is 0 Å². The standard InChI is InChI=1S/C25H22N4O3/c1-2-32-18-9-5-8-17(13-18)24-21-22(19-10-3-4-11-20(19)30)27-28-23(21)25(31)29(24)15-16-7-6-12-26-14-16/h3-14,24,30H,2,15H2,1H3,(H,27,28)/t24-/m1/s1. The van der Waals surface area contributed by atoms with Gasteiger partial charge in [-0.3, -0.25) is 14.9 Å². The van der Waals surface area contributed by atoms with Gasteiger partial charge in [-0.15, -0.1) is 0 Å². The van der Waals surface area contributed by atoms with Gasteiger partial charge in [0, 0.05) is 30.1 Å². The van der Waals surface area contributed by atoms with E-state index in [-0.39, 0.29) is 11.7 Å². The maximum atomic E-state index is 13.5. The van der Waals surface area contributed by atoms with Crippen molar-refractivity contribution < 1.29 is 14.6 Å². The van der Waals surface area contributed by atoms with Crippen LogP contribution in [0.15, 0.2) is 73.1 Å². The molecule has 7 heteroatoms. The molecule has 32 heavy (non-hydrogen) atoms. The second-order valence-electron chi connectivity index (χ2n) is 7.58. The van der Waals surface area contributed by atoms with Gasteiger partial charge in [0.15, 0.2) is 0 Å². The van der Waals surface area contributed by atoms with Crippen LogP contribution < -0.4 is 4.74 Å². The Morgan fingerprint density at radius 3 is 2.78 bits per heavy atom. The van der Waals surface area contributed by atoms with E-state index in [9.17, 15) is 9.90 Å². The molecule has 4 aromatic rings. The predicted octanol–water partition coefficient (Wildman–Crippen LogP) is 4.32. The lowest BCUT2D eigenvalue weighted by atomic mass is 9.95. The van der Waals surface area contributed by atoms with Crippen molar-refractivity contribution in [3.8, 4) is 22.8 Å². The zero-order valence-corrected chi connectivity index (χ0v) is 17.5. The lowest BCUT2D eigenvalue weighted by Gasteiger charge is -2.26. The summed E-state index contributed by atoms with van der Waals surface area (Å²) in [6.07, 6.45) is 3.47. The highest BCUT2D eigenvalue weighted by Crippen LogP contribution is 2.45. The second-order valence-corrected chi connectivity index (χ2v) is 7.58. The number of H-pyrrole nitrogens is 1. The first-order valence-corrected chi connectivity index (χ1v) is 10.5. The fourth-order valence-corrected chi connectivity index (χ4v) is 4.21. The van der Waals surface area contributed by atoms with E-state index in [2.05, 4.69) is 15.2 Å². The number of aromatic hydroxyl groups is 1. The molecule has 2 aromatic carbocycles. The Morgan fingerprint density at radius 1 is 1.12 bits per heavy atom. The van der Waals surface area contributed by atoms with Crippen LogP contribution in [-0.4, -0.2) is 37.7 Å². The van der Waals surface area contributed by atoms with Gasteiger partial charge in [0.2, 0.25) is 0 Å². The van der Waals surface area contributed by atoms with Crippen LogP contribution in [0.4, 0.5) is 0 Å². The number of carbonyl (C=O) groups excluding carboxylic acids is 1. The van der Waals surface area contributed by atoms with Crippen LogP contribution in [-0.2, 0) is 6.54 Å². The monoisotopic (exact) mass is 426 g/mol. The minimum absolute atomic E-state index is 0.113. The van der Waals surface area contributed by atoms with Gasteiger partial charge in [-0.1, -0.05) is 30.3 Å². The molecule has 1 amide bonds. The number of aromatic nitrogens is 3. The summed E-state index contributed by atoms with van der Waals surface area (Å²) in [5, 5.41) is 17.8. The molecule has 0 fully saturated rings. The Bertz CT molecular complexity index is 1270. The fourth-order valence-electron chi connectivity index (χ4n) is 4.21. The van der Waals surface area contributed by atoms with Gasteiger partial charge in [0.25, 0.3) is 5.91 Å². The first kappa shape index (κ1) is 19.8. The highest BCUT2D eigenvalue weighted by atomic mass is 16.5. The number of phenolic OH excluding ortho intramolecular Hbond substituents is 1. The third kappa shape index (κ3) is 3.37. The number of nitrogens with zero attached hydrogens (tertiary/aromatic N) is 3. The zero-order valence-electron chi connectivity index (χ0n) is 17.5. The smallest absolute Gasteiger partial charge is 0.273 e. The van der Waals surface area contributed by atoms with Crippen LogP contribution in [0.25, 0.3) is 11.3 Å². The SMILES string of the molecule is CCOc1cccc([C@@H]2c3c(-c4ccccc4O)n[nH]c3C(=O)N2Cc2cccnc2)c1. The number of hydrogen-bond acceptors (Lipinski definition) is 5. The van der Waals surface area contributed by atoms with Crippen molar-refractivity contribution in [3.05, 3.63) is 95.4 Å². The number of para-hydroxylation sites is 1. The Hall–Kier alpha value is -4.13. The Balaban J connectivity index is 1.66. The quantitative estimate of drug-likeness (QED) is 0.479. The van der Waals surface area contributed by atoms with E-state index < -0.39 is 6.04 Å². The van der Waals surface area contributed by atoms with Crippen LogP contribution in [0.3, 0.4) is 0 Å². The van der Waals surface area contributed by atoms with Crippen LogP contribution in [0, 0.1) is 0 Å². The molecule has 1 aliphatic heterocycles. The number of aromatic amines is 1. The van der Waals surface area contributed by atoms with Gasteiger partial charge in [0.1, 0.15) is 22.9 Å². The topological polar surface area (TPSA) is 91.3 Å². The van der Waals surface area contributed by atoms with Gasteiger partial charge in [-0.05, 0) is 48.4 Å². The second kappa shape index (κ2) is 8.19. The number of benzene rings is 2. The molecule has 1 aliphatic rings. The molecule has 7 nitrogen and oxygen atoms in total. The van der Waals surface area contributed by atoms with E-state index in [0.717, 1.165) is 22.4 Å².